The van der Waals surface area contributed by atoms with Gasteiger partial charge in [0.1, 0.15) is 5.52 Å². The second-order valence-electron chi connectivity index (χ2n) is 3.52. The first-order chi connectivity index (χ1) is 7.72. The van der Waals surface area contributed by atoms with Crippen LogP contribution >= 0.6 is 0 Å². The van der Waals surface area contributed by atoms with E-state index in [9.17, 15) is 0 Å². The lowest BCUT2D eigenvalue weighted by atomic mass is 10.3. The van der Waals surface area contributed by atoms with Gasteiger partial charge in [0.15, 0.2) is 5.58 Å². The fourth-order valence-electron chi connectivity index (χ4n) is 1.43. The monoisotopic (exact) mass is 216 g/mol. The third-order valence-electron chi connectivity index (χ3n) is 2.32. The van der Waals surface area contributed by atoms with Gasteiger partial charge in [-0.2, -0.15) is 10.2 Å². The summed E-state index contributed by atoms with van der Waals surface area (Å²) in [5, 5.41) is 8.50. The number of fused-ring (bicyclic) bond motifs is 1. The van der Waals surface area contributed by atoms with Crippen LogP contribution in [0.3, 0.4) is 0 Å². The Bertz CT molecular complexity index is 540. The molecule has 2 N–H and O–H groups in total. The van der Waals surface area contributed by atoms with Crippen molar-refractivity contribution in [3.8, 4) is 6.07 Å². The van der Waals surface area contributed by atoms with Crippen LogP contribution in [0.5, 0.6) is 0 Å². The van der Waals surface area contributed by atoms with E-state index in [-0.39, 0.29) is 0 Å². The Labute approximate surface area is 93.1 Å². The molecule has 0 fully saturated rings. The van der Waals surface area contributed by atoms with Crippen molar-refractivity contribution in [2.75, 3.05) is 24.2 Å². The molecule has 2 rings (SSSR count). The molecule has 0 saturated carbocycles. The Morgan fingerprint density at radius 1 is 1.56 bits per heavy atom. The summed E-state index contributed by atoms with van der Waals surface area (Å²) in [5.41, 5.74) is 7.71. The minimum atomic E-state index is 0.435. The van der Waals surface area contributed by atoms with Crippen molar-refractivity contribution in [2.24, 2.45) is 0 Å². The second-order valence-corrected chi connectivity index (χ2v) is 3.52. The van der Waals surface area contributed by atoms with E-state index in [2.05, 4.69) is 11.1 Å². The zero-order valence-corrected chi connectivity index (χ0v) is 8.97. The van der Waals surface area contributed by atoms with E-state index >= 15 is 0 Å². The van der Waals surface area contributed by atoms with Crippen LogP contribution in [0.2, 0.25) is 0 Å². The number of nitrogens with zero attached hydrogens (tertiary/aromatic N) is 3. The summed E-state index contributed by atoms with van der Waals surface area (Å²) >= 11 is 0. The van der Waals surface area contributed by atoms with Gasteiger partial charge < -0.3 is 15.1 Å². The van der Waals surface area contributed by atoms with E-state index in [4.69, 9.17) is 15.4 Å². The van der Waals surface area contributed by atoms with E-state index in [0.29, 0.717) is 35.8 Å². The molecular weight excluding hydrogens is 204 g/mol. The number of nitriles is 1. The highest BCUT2D eigenvalue weighted by molar-refractivity contribution is 5.86. The molecule has 0 aliphatic rings. The third kappa shape index (κ3) is 1.77. The van der Waals surface area contributed by atoms with E-state index in [0.717, 1.165) is 0 Å². The van der Waals surface area contributed by atoms with Gasteiger partial charge in [0.2, 0.25) is 0 Å². The molecule has 5 heteroatoms. The molecule has 0 aliphatic carbocycles. The number of nitrogen functional groups attached to an aromatic ring is 1. The molecule has 0 amide bonds. The molecule has 1 aromatic heterocycles. The largest absolute Gasteiger partial charge is 0.423 e. The Hall–Kier alpha value is -2.22. The maximum atomic E-state index is 8.50. The summed E-state index contributed by atoms with van der Waals surface area (Å²) in [7, 11) is 1.83. The maximum Gasteiger partial charge on any atom is 0.298 e. The van der Waals surface area contributed by atoms with Crippen molar-refractivity contribution in [3.05, 3.63) is 18.2 Å². The standard InChI is InChI=1S/C11H12N4O/c1-15(7-3-6-12)11-14-10-8(13)4-2-5-9(10)16-11/h2,4-5H,3,7,13H2,1H3. The summed E-state index contributed by atoms with van der Waals surface area (Å²) in [4.78, 5) is 6.08. The first-order valence-corrected chi connectivity index (χ1v) is 4.95. The van der Waals surface area contributed by atoms with Crippen molar-refractivity contribution in [1.29, 1.82) is 5.26 Å². The van der Waals surface area contributed by atoms with Crippen LogP contribution in [0.4, 0.5) is 11.7 Å². The number of anilines is 2. The third-order valence-corrected chi connectivity index (χ3v) is 2.32. The minimum absolute atomic E-state index is 0.435. The predicted molar refractivity (Wildman–Crippen MR) is 61.9 cm³/mol. The number of aromatic nitrogens is 1. The first-order valence-electron chi connectivity index (χ1n) is 4.95. The van der Waals surface area contributed by atoms with Crippen molar-refractivity contribution < 1.29 is 4.42 Å². The van der Waals surface area contributed by atoms with Crippen LogP contribution in [-0.2, 0) is 0 Å². The first kappa shape index (κ1) is 10.3. The number of rotatable bonds is 3. The summed E-state index contributed by atoms with van der Waals surface area (Å²) in [6, 6.07) is 7.99. The molecule has 0 bridgehead atoms. The van der Waals surface area contributed by atoms with Crippen molar-refractivity contribution >= 4 is 22.8 Å². The molecule has 0 unspecified atom stereocenters. The Kier molecular flexibility index (Phi) is 2.64. The van der Waals surface area contributed by atoms with E-state index in [1.807, 2.05) is 19.2 Å². The quantitative estimate of drug-likeness (QED) is 0.791. The number of nitrogens with two attached hydrogens (primary N) is 1. The molecular formula is C11H12N4O. The minimum Gasteiger partial charge on any atom is -0.423 e. The molecule has 0 saturated heterocycles. The zero-order chi connectivity index (χ0) is 11.5. The summed E-state index contributed by atoms with van der Waals surface area (Å²) in [6.45, 7) is 0.587. The van der Waals surface area contributed by atoms with Gasteiger partial charge in [0, 0.05) is 13.6 Å². The van der Waals surface area contributed by atoms with Gasteiger partial charge in [-0.1, -0.05) is 6.07 Å². The van der Waals surface area contributed by atoms with Gasteiger partial charge >= 0.3 is 0 Å². The van der Waals surface area contributed by atoms with Gasteiger partial charge in [-0.15, -0.1) is 0 Å². The lowest BCUT2D eigenvalue weighted by Crippen LogP contribution is -2.18. The highest BCUT2D eigenvalue weighted by Crippen LogP contribution is 2.25. The number of benzene rings is 1. The van der Waals surface area contributed by atoms with Gasteiger partial charge in [0.25, 0.3) is 6.01 Å². The molecule has 0 spiro atoms. The summed E-state index contributed by atoms with van der Waals surface area (Å²) in [5.74, 6) is 0. The molecule has 0 radical (unpaired) electrons. The SMILES string of the molecule is CN(CCC#N)c1nc2c(N)cccc2o1. The van der Waals surface area contributed by atoms with Crippen LogP contribution < -0.4 is 10.6 Å². The molecule has 16 heavy (non-hydrogen) atoms. The zero-order valence-electron chi connectivity index (χ0n) is 8.97. The van der Waals surface area contributed by atoms with Crippen LogP contribution in [-0.4, -0.2) is 18.6 Å². The highest BCUT2D eigenvalue weighted by atomic mass is 16.4. The molecule has 0 atom stereocenters. The van der Waals surface area contributed by atoms with Gasteiger partial charge in [-0.05, 0) is 12.1 Å². The fourth-order valence-corrected chi connectivity index (χ4v) is 1.43. The van der Waals surface area contributed by atoms with Gasteiger partial charge in [-0.25, -0.2) is 0 Å². The molecule has 2 aromatic rings. The maximum absolute atomic E-state index is 8.50. The van der Waals surface area contributed by atoms with E-state index < -0.39 is 0 Å². The molecule has 5 nitrogen and oxygen atoms in total. The number of oxazole rings is 1. The summed E-state index contributed by atoms with van der Waals surface area (Å²) < 4.78 is 5.53. The van der Waals surface area contributed by atoms with Crippen LogP contribution in [0.15, 0.2) is 22.6 Å². The molecule has 1 aromatic carbocycles. The Morgan fingerprint density at radius 2 is 2.38 bits per heavy atom. The lowest BCUT2D eigenvalue weighted by molar-refractivity contribution is 0.584. The van der Waals surface area contributed by atoms with Crippen molar-refractivity contribution in [2.45, 2.75) is 6.42 Å². The van der Waals surface area contributed by atoms with Crippen LogP contribution in [0.25, 0.3) is 11.1 Å². The lowest BCUT2D eigenvalue weighted by Gasteiger charge is -2.10. The molecule has 0 aliphatic heterocycles. The molecule has 82 valence electrons. The number of para-hydroxylation sites is 1. The predicted octanol–water partition coefficient (Wildman–Crippen LogP) is 1.76. The fraction of sp³-hybridized carbons (Fsp3) is 0.273. The highest BCUT2D eigenvalue weighted by Gasteiger charge is 2.11. The van der Waals surface area contributed by atoms with Crippen LogP contribution in [0, 0.1) is 11.3 Å². The number of hydrogen-bond acceptors (Lipinski definition) is 5. The van der Waals surface area contributed by atoms with E-state index in [1.54, 1.807) is 11.0 Å². The Morgan fingerprint density at radius 3 is 3.06 bits per heavy atom. The van der Waals surface area contributed by atoms with E-state index in [1.165, 1.54) is 0 Å². The smallest absolute Gasteiger partial charge is 0.298 e. The van der Waals surface area contributed by atoms with Gasteiger partial charge in [0.05, 0.1) is 18.2 Å². The van der Waals surface area contributed by atoms with Crippen molar-refractivity contribution in [3.63, 3.8) is 0 Å². The molecule has 1 heterocycles. The second kappa shape index (κ2) is 4.11. The Balaban J connectivity index is 2.33. The average Bonchev–Trinajstić information content (AvgIpc) is 2.71. The van der Waals surface area contributed by atoms with Crippen LogP contribution in [0.1, 0.15) is 6.42 Å². The average molecular weight is 216 g/mol. The topological polar surface area (TPSA) is 79.1 Å². The van der Waals surface area contributed by atoms with Crippen molar-refractivity contribution in [1.82, 2.24) is 4.98 Å². The summed E-state index contributed by atoms with van der Waals surface area (Å²) in [6.07, 6.45) is 0.435. The normalized spacial score (nSPS) is 10.2. The number of hydrogen-bond donors (Lipinski definition) is 1. The van der Waals surface area contributed by atoms with Gasteiger partial charge in [-0.3, -0.25) is 0 Å².